The molecule has 8 nitrogen and oxygen atoms in total. The Balaban J connectivity index is 1.93. The number of amidine groups is 1. The molecule has 3 rings (SSSR count). The van der Waals surface area contributed by atoms with Crippen LogP contribution in [0.2, 0.25) is 0 Å². The number of nitrogens with two attached hydrogens (primary N) is 1. The van der Waals surface area contributed by atoms with Gasteiger partial charge in [-0.2, -0.15) is 8.78 Å². The number of fused-ring (bicyclic) bond motifs is 1. The van der Waals surface area contributed by atoms with E-state index in [9.17, 15) is 22.1 Å². The first-order chi connectivity index (χ1) is 12.0. The van der Waals surface area contributed by atoms with Gasteiger partial charge in [0.25, 0.3) is 6.43 Å². The average molecular weight is 403 g/mol. The van der Waals surface area contributed by atoms with Gasteiger partial charge in [0.1, 0.15) is 12.5 Å². The lowest BCUT2D eigenvalue weighted by Crippen LogP contribution is -2.57. The van der Waals surface area contributed by atoms with E-state index in [1.807, 2.05) is 0 Å². The van der Waals surface area contributed by atoms with Gasteiger partial charge in [-0.1, -0.05) is 0 Å². The summed E-state index contributed by atoms with van der Waals surface area (Å²) in [6, 6.07) is 0. The molecule has 0 aromatic heterocycles. The van der Waals surface area contributed by atoms with Gasteiger partial charge in [0.15, 0.2) is 17.9 Å². The van der Waals surface area contributed by atoms with Crippen molar-refractivity contribution in [2.75, 3.05) is 13.3 Å². The third-order valence-electron chi connectivity index (χ3n) is 4.00. The first-order valence-corrected chi connectivity index (χ1v) is 9.15. The largest absolute Gasteiger partial charge is 0.475 e. The minimum atomic E-state index is -4.46. The number of hydrogen-bond acceptors (Lipinski definition) is 8. The van der Waals surface area contributed by atoms with E-state index < -0.39 is 50.8 Å². The average Bonchev–Trinajstić information content (AvgIpc) is 2.76. The molecule has 2 saturated heterocycles. The van der Waals surface area contributed by atoms with Crippen LogP contribution in [0.5, 0.6) is 0 Å². The summed E-state index contributed by atoms with van der Waals surface area (Å²) in [4.78, 5) is 4.65. The lowest BCUT2D eigenvalue weighted by Gasteiger charge is -2.39. The Labute approximate surface area is 146 Å². The van der Waals surface area contributed by atoms with Crippen molar-refractivity contribution < 1.29 is 40.4 Å². The van der Waals surface area contributed by atoms with E-state index >= 15 is 0 Å². The fourth-order valence-electron chi connectivity index (χ4n) is 2.83. The van der Waals surface area contributed by atoms with Gasteiger partial charge in [-0.15, -0.1) is 0 Å². The number of nitrogens with zero attached hydrogens (tertiary/aromatic N) is 2. The normalized spacial score (nSPS) is 39.4. The van der Waals surface area contributed by atoms with E-state index in [0.29, 0.717) is 0 Å². The second-order valence-corrected chi connectivity index (χ2v) is 7.89. The molecular formula is C13H18F4N3O5P. The monoisotopic (exact) mass is 403 g/mol. The van der Waals surface area contributed by atoms with Crippen molar-refractivity contribution in [3.8, 4) is 0 Å². The summed E-state index contributed by atoms with van der Waals surface area (Å²) in [6.45, 7) is 1.53. The molecule has 2 N–H and O–H groups in total. The molecule has 0 bridgehead atoms. The molecule has 13 heteroatoms. The lowest BCUT2D eigenvalue weighted by atomic mass is 9.96. The maximum atomic E-state index is 14.9. The Bertz CT molecular complexity index is 676. The highest BCUT2D eigenvalue weighted by molar-refractivity contribution is 7.48. The molecular weight excluding hydrogens is 385 g/mol. The zero-order valence-electron chi connectivity index (χ0n) is 13.9. The van der Waals surface area contributed by atoms with E-state index in [2.05, 4.69) is 4.99 Å². The standard InChI is InChI=1S/C13H18F4N3O5P/c1-7(2)24-26(21)22-5-12(10(14)15)9(25-26)13(16,17)11(23-12)20-4-3-8(18)19-6-20/h3-4,7,9-11H,5-6H2,1-2H3,(H2,18,19)/t9-,11-,12-,26?/m1/s1. The number of phosphoric ester groups is 1. The highest BCUT2D eigenvalue weighted by Gasteiger charge is 2.75. The molecule has 0 saturated carbocycles. The lowest BCUT2D eigenvalue weighted by molar-refractivity contribution is -0.212. The van der Waals surface area contributed by atoms with Crippen molar-refractivity contribution in [3.05, 3.63) is 12.3 Å². The number of halogens is 4. The van der Waals surface area contributed by atoms with Gasteiger partial charge >= 0.3 is 13.7 Å². The molecule has 3 aliphatic heterocycles. The summed E-state index contributed by atoms with van der Waals surface area (Å²) >= 11 is 0. The summed E-state index contributed by atoms with van der Waals surface area (Å²) in [6.07, 6.45) is -6.38. The predicted molar refractivity (Wildman–Crippen MR) is 80.7 cm³/mol. The highest BCUT2D eigenvalue weighted by Crippen LogP contribution is 2.63. The van der Waals surface area contributed by atoms with Crippen molar-refractivity contribution in [1.29, 1.82) is 0 Å². The molecule has 148 valence electrons. The minimum absolute atomic E-state index is 0.0953. The van der Waals surface area contributed by atoms with E-state index in [4.69, 9.17) is 24.0 Å². The van der Waals surface area contributed by atoms with Gasteiger partial charge in [0, 0.05) is 6.20 Å². The summed E-state index contributed by atoms with van der Waals surface area (Å²) < 4.78 is 89.2. The first-order valence-electron chi connectivity index (χ1n) is 7.69. The van der Waals surface area contributed by atoms with Crippen LogP contribution < -0.4 is 5.73 Å². The molecule has 2 fully saturated rings. The summed E-state index contributed by atoms with van der Waals surface area (Å²) in [5.74, 6) is -3.86. The number of hydrogen-bond donors (Lipinski definition) is 1. The predicted octanol–water partition coefficient (Wildman–Crippen LogP) is 2.07. The zero-order chi connectivity index (χ0) is 19.3. The first kappa shape index (κ1) is 19.6. The van der Waals surface area contributed by atoms with Gasteiger partial charge in [0.05, 0.1) is 12.7 Å². The van der Waals surface area contributed by atoms with Gasteiger partial charge in [-0.05, 0) is 19.9 Å². The van der Waals surface area contributed by atoms with Gasteiger partial charge < -0.3 is 15.4 Å². The molecule has 3 heterocycles. The van der Waals surface area contributed by atoms with Crippen molar-refractivity contribution in [2.45, 2.75) is 50.2 Å². The smallest absolute Gasteiger partial charge is 0.384 e. The van der Waals surface area contributed by atoms with Crippen LogP contribution in [0, 0.1) is 0 Å². The second kappa shape index (κ2) is 6.45. The molecule has 0 aromatic carbocycles. The summed E-state index contributed by atoms with van der Waals surface area (Å²) in [7, 11) is -4.46. The molecule has 0 amide bonds. The second-order valence-electron chi connectivity index (χ2n) is 6.32. The van der Waals surface area contributed by atoms with Gasteiger partial charge in [-0.25, -0.2) is 18.3 Å². The molecule has 4 atom stereocenters. The maximum Gasteiger partial charge on any atom is 0.475 e. The molecule has 0 spiro atoms. The van der Waals surface area contributed by atoms with Crippen molar-refractivity contribution in [1.82, 2.24) is 4.90 Å². The third kappa shape index (κ3) is 3.13. The van der Waals surface area contributed by atoms with E-state index in [-0.39, 0.29) is 12.5 Å². The molecule has 1 unspecified atom stereocenters. The maximum absolute atomic E-state index is 14.9. The number of rotatable bonds is 4. The fourth-order valence-corrected chi connectivity index (χ4v) is 4.46. The van der Waals surface area contributed by atoms with Crippen LogP contribution in [-0.2, 0) is 22.9 Å². The molecule has 26 heavy (non-hydrogen) atoms. The molecule has 0 aliphatic carbocycles. The summed E-state index contributed by atoms with van der Waals surface area (Å²) in [5, 5.41) is 0. The number of phosphoric acid groups is 1. The molecule has 0 aromatic rings. The van der Waals surface area contributed by atoms with E-state index in [1.165, 1.54) is 19.9 Å². The summed E-state index contributed by atoms with van der Waals surface area (Å²) in [5.41, 5.74) is 2.62. The van der Waals surface area contributed by atoms with E-state index in [1.54, 1.807) is 0 Å². The molecule has 3 aliphatic rings. The Hall–Kier alpha value is -1.20. The van der Waals surface area contributed by atoms with Crippen molar-refractivity contribution >= 4 is 13.7 Å². The van der Waals surface area contributed by atoms with Crippen LogP contribution in [0.15, 0.2) is 17.3 Å². The van der Waals surface area contributed by atoms with Crippen LogP contribution in [-0.4, -0.2) is 60.4 Å². The Morgan fingerprint density at radius 1 is 1.46 bits per heavy atom. The SMILES string of the molecule is CC(C)OP1(=O)OC[C@@]2(C(F)F)O[C@@H](N3C=CC(N)=NC3)C(F)(F)[C@@H]2O1. The zero-order valence-corrected chi connectivity index (χ0v) is 14.7. The van der Waals surface area contributed by atoms with Crippen LogP contribution in [0.4, 0.5) is 17.6 Å². The van der Waals surface area contributed by atoms with Gasteiger partial charge in [0.2, 0.25) is 0 Å². The fraction of sp³-hybridized carbons (Fsp3) is 0.769. The van der Waals surface area contributed by atoms with Crippen molar-refractivity contribution in [2.24, 2.45) is 10.7 Å². The number of alkyl halides is 4. The third-order valence-corrected chi connectivity index (χ3v) is 5.59. The number of aliphatic imine (C=N–C) groups is 1. The highest BCUT2D eigenvalue weighted by atomic mass is 31.2. The van der Waals surface area contributed by atoms with Gasteiger partial charge in [-0.3, -0.25) is 13.6 Å². The topological polar surface area (TPSA) is 95.6 Å². The number of ether oxygens (including phenoxy) is 1. The minimum Gasteiger partial charge on any atom is -0.384 e. The van der Waals surface area contributed by atoms with Crippen LogP contribution in [0.25, 0.3) is 0 Å². The Morgan fingerprint density at radius 2 is 2.15 bits per heavy atom. The van der Waals surface area contributed by atoms with Crippen molar-refractivity contribution in [3.63, 3.8) is 0 Å². The van der Waals surface area contributed by atoms with Crippen LogP contribution in [0.1, 0.15) is 13.8 Å². The quantitative estimate of drug-likeness (QED) is 0.567. The van der Waals surface area contributed by atoms with E-state index in [0.717, 1.165) is 11.1 Å². The Kier molecular flexibility index (Phi) is 4.85. The van der Waals surface area contributed by atoms with Crippen LogP contribution >= 0.6 is 7.82 Å². The molecule has 0 radical (unpaired) electrons. The van der Waals surface area contributed by atoms with Crippen LogP contribution in [0.3, 0.4) is 0 Å². The Morgan fingerprint density at radius 3 is 2.69 bits per heavy atom.